The molecule has 0 spiro atoms. The Hall–Kier alpha value is -2.87. The second kappa shape index (κ2) is 10.4. The van der Waals surface area contributed by atoms with Crippen LogP contribution in [0.1, 0.15) is 48.0 Å². The smallest absolute Gasteiger partial charge is 0.271 e. The Labute approximate surface area is 186 Å². The van der Waals surface area contributed by atoms with E-state index in [0.717, 1.165) is 31.2 Å². The Morgan fingerprint density at radius 3 is 2.58 bits per heavy atom. The Morgan fingerprint density at radius 1 is 1.16 bits per heavy atom. The molecule has 164 valence electrons. The topological polar surface area (TPSA) is 92.5 Å². The van der Waals surface area contributed by atoms with E-state index in [0.29, 0.717) is 22.2 Å². The number of aryl methyl sites for hydroxylation is 1. The van der Waals surface area contributed by atoms with Crippen molar-refractivity contribution in [3.05, 3.63) is 63.7 Å². The zero-order chi connectivity index (χ0) is 22.4. The Balaban J connectivity index is 1.68. The number of carbonyl (C=O) groups excluding carboxylic acids is 2. The van der Waals surface area contributed by atoms with Gasteiger partial charge in [-0.15, -0.1) is 11.8 Å². The predicted molar refractivity (Wildman–Crippen MR) is 123 cm³/mol. The minimum Gasteiger partial charge on any atom is -0.342 e. The van der Waals surface area contributed by atoms with Crippen molar-refractivity contribution in [2.24, 2.45) is 0 Å². The summed E-state index contributed by atoms with van der Waals surface area (Å²) in [4.78, 5) is 38.7. The molecular formula is C23H27N3O4S. The molecule has 0 atom stereocenters. The van der Waals surface area contributed by atoms with Crippen molar-refractivity contribution < 1.29 is 14.5 Å². The largest absolute Gasteiger partial charge is 0.342 e. The number of amides is 2. The van der Waals surface area contributed by atoms with Gasteiger partial charge in [-0.2, -0.15) is 0 Å². The van der Waals surface area contributed by atoms with Crippen LogP contribution in [0.4, 0.5) is 11.4 Å². The molecule has 2 amide bonds. The van der Waals surface area contributed by atoms with Gasteiger partial charge in [0, 0.05) is 30.1 Å². The fourth-order valence-corrected chi connectivity index (χ4v) is 4.71. The second-order valence-corrected chi connectivity index (χ2v) is 8.81. The SMILES string of the molecule is Cc1ccc([N+](=O)[O-])cc1NC(=O)c1ccccc1SCC(=O)N(C)C1CCCCC1. The predicted octanol–water partition coefficient (Wildman–Crippen LogP) is 5.04. The highest BCUT2D eigenvalue weighted by Crippen LogP contribution is 2.27. The van der Waals surface area contributed by atoms with Crippen molar-refractivity contribution in [2.45, 2.75) is 50.0 Å². The van der Waals surface area contributed by atoms with Crippen LogP contribution in [0.15, 0.2) is 47.4 Å². The number of nitro groups is 1. The number of thioether (sulfide) groups is 1. The van der Waals surface area contributed by atoms with Crippen LogP contribution in [0.3, 0.4) is 0 Å². The van der Waals surface area contributed by atoms with Gasteiger partial charge in [-0.05, 0) is 37.5 Å². The van der Waals surface area contributed by atoms with Gasteiger partial charge >= 0.3 is 0 Å². The van der Waals surface area contributed by atoms with E-state index in [1.165, 1.54) is 30.3 Å². The molecule has 0 radical (unpaired) electrons. The van der Waals surface area contributed by atoms with Crippen LogP contribution in [0.25, 0.3) is 0 Å². The molecule has 2 aromatic rings. The number of rotatable bonds is 7. The van der Waals surface area contributed by atoms with Gasteiger partial charge in [-0.25, -0.2) is 0 Å². The molecular weight excluding hydrogens is 414 g/mol. The lowest BCUT2D eigenvalue weighted by molar-refractivity contribution is -0.384. The van der Waals surface area contributed by atoms with Gasteiger partial charge in [0.2, 0.25) is 5.91 Å². The van der Waals surface area contributed by atoms with Crippen LogP contribution < -0.4 is 5.32 Å². The molecule has 0 aliphatic heterocycles. The van der Waals surface area contributed by atoms with Crippen molar-refractivity contribution in [1.29, 1.82) is 0 Å². The summed E-state index contributed by atoms with van der Waals surface area (Å²) < 4.78 is 0. The molecule has 3 rings (SSSR count). The molecule has 31 heavy (non-hydrogen) atoms. The van der Waals surface area contributed by atoms with Gasteiger partial charge in [-0.1, -0.05) is 37.5 Å². The highest BCUT2D eigenvalue weighted by Gasteiger charge is 2.22. The number of nitro benzene ring substituents is 1. The first kappa shape index (κ1) is 22.8. The maximum Gasteiger partial charge on any atom is 0.271 e. The molecule has 1 aliphatic rings. The molecule has 0 heterocycles. The van der Waals surface area contributed by atoms with E-state index in [4.69, 9.17) is 0 Å². The first-order valence-electron chi connectivity index (χ1n) is 10.4. The fraction of sp³-hybridized carbons (Fsp3) is 0.391. The lowest BCUT2D eigenvalue weighted by Crippen LogP contribution is -2.39. The zero-order valence-corrected chi connectivity index (χ0v) is 18.6. The number of carbonyl (C=O) groups is 2. The lowest BCUT2D eigenvalue weighted by atomic mass is 9.94. The highest BCUT2D eigenvalue weighted by molar-refractivity contribution is 8.00. The van der Waals surface area contributed by atoms with Crippen molar-refractivity contribution in [1.82, 2.24) is 4.90 Å². The fourth-order valence-electron chi connectivity index (χ4n) is 3.74. The Bertz CT molecular complexity index is 973. The molecule has 0 unspecified atom stereocenters. The van der Waals surface area contributed by atoms with E-state index in [9.17, 15) is 19.7 Å². The number of non-ortho nitro benzene ring substituents is 1. The van der Waals surface area contributed by atoms with E-state index in [2.05, 4.69) is 5.32 Å². The second-order valence-electron chi connectivity index (χ2n) is 7.79. The van der Waals surface area contributed by atoms with Crippen molar-refractivity contribution in [3.63, 3.8) is 0 Å². The minimum absolute atomic E-state index is 0.0571. The molecule has 0 bridgehead atoms. The number of nitrogens with one attached hydrogen (secondary N) is 1. The van der Waals surface area contributed by atoms with Gasteiger partial charge in [0.25, 0.3) is 11.6 Å². The number of nitrogens with zero attached hydrogens (tertiary/aromatic N) is 2. The van der Waals surface area contributed by atoms with E-state index in [-0.39, 0.29) is 23.3 Å². The summed E-state index contributed by atoms with van der Waals surface area (Å²) in [5.74, 6) is -0.0472. The summed E-state index contributed by atoms with van der Waals surface area (Å²) in [5.41, 5.74) is 1.48. The van der Waals surface area contributed by atoms with Crippen LogP contribution in [0.2, 0.25) is 0 Å². The normalized spacial score (nSPS) is 14.1. The van der Waals surface area contributed by atoms with E-state index in [1.54, 1.807) is 25.1 Å². The summed E-state index contributed by atoms with van der Waals surface area (Å²) in [5, 5.41) is 13.8. The first-order chi connectivity index (χ1) is 14.9. The third-order valence-electron chi connectivity index (χ3n) is 5.68. The highest BCUT2D eigenvalue weighted by atomic mass is 32.2. The van der Waals surface area contributed by atoms with Crippen LogP contribution in [-0.2, 0) is 4.79 Å². The average Bonchev–Trinajstić information content (AvgIpc) is 2.79. The van der Waals surface area contributed by atoms with Gasteiger partial charge in [0.1, 0.15) is 0 Å². The van der Waals surface area contributed by atoms with Gasteiger partial charge in [0.15, 0.2) is 0 Å². The van der Waals surface area contributed by atoms with E-state index >= 15 is 0 Å². The maximum absolute atomic E-state index is 12.9. The third-order valence-corrected chi connectivity index (χ3v) is 6.74. The van der Waals surface area contributed by atoms with Crippen LogP contribution in [0.5, 0.6) is 0 Å². The summed E-state index contributed by atoms with van der Waals surface area (Å²) >= 11 is 1.34. The standard InChI is InChI=1S/C23H27N3O4S/c1-16-12-13-18(26(29)30)14-20(16)24-23(28)19-10-6-7-11-21(19)31-15-22(27)25(2)17-8-4-3-5-9-17/h6-7,10-14,17H,3-5,8-9,15H2,1-2H3,(H,24,28). The first-order valence-corrected chi connectivity index (χ1v) is 11.4. The number of anilines is 1. The Kier molecular flexibility index (Phi) is 7.68. The van der Waals surface area contributed by atoms with Gasteiger partial charge in [-0.3, -0.25) is 19.7 Å². The quantitative estimate of drug-likeness (QED) is 0.369. The van der Waals surface area contributed by atoms with Crippen LogP contribution in [-0.4, -0.2) is 40.5 Å². The van der Waals surface area contributed by atoms with Gasteiger partial charge in [0.05, 0.1) is 21.9 Å². The summed E-state index contributed by atoms with van der Waals surface area (Å²) in [6.07, 6.45) is 5.66. The molecule has 2 aromatic carbocycles. The Morgan fingerprint density at radius 2 is 1.87 bits per heavy atom. The molecule has 0 aromatic heterocycles. The van der Waals surface area contributed by atoms with Crippen LogP contribution >= 0.6 is 11.8 Å². The molecule has 1 fully saturated rings. The number of benzene rings is 2. The maximum atomic E-state index is 12.9. The van der Waals surface area contributed by atoms with Gasteiger partial charge < -0.3 is 10.2 Å². The molecule has 1 aliphatic carbocycles. The van der Waals surface area contributed by atoms with E-state index < -0.39 is 4.92 Å². The van der Waals surface area contributed by atoms with Crippen molar-refractivity contribution >= 4 is 35.0 Å². The number of hydrogen-bond acceptors (Lipinski definition) is 5. The molecule has 8 heteroatoms. The molecule has 1 N–H and O–H groups in total. The van der Waals surface area contributed by atoms with Crippen molar-refractivity contribution in [3.8, 4) is 0 Å². The van der Waals surface area contributed by atoms with Crippen molar-refractivity contribution in [2.75, 3.05) is 18.1 Å². The van der Waals surface area contributed by atoms with E-state index in [1.807, 2.05) is 24.1 Å². The zero-order valence-electron chi connectivity index (χ0n) is 17.8. The number of hydrogen-bond donors (Lipinski definition) is 1. The summed E-state index contributed by atoms with van der Waals surface area (Å²) in [6, 6.07) is 11.8. The van der Waals surface area contributed by atoms with Crippen LogP contribution in [0, 0.1) is 17.0 Å². The minimum atomic E-state index is -0.493. The molecule has 0 saturated heterocycles. The monoisotopic (exact) mass is 441 g/mol. The third kappa shape index (κ3) is 5.85. The summed E-state index contributed by atoms with van der Waals surface area (Å²) in [7, 11) is 1.86. The molecule has 7 nitrogen and oxygen atoms in total. The lowest BCUT2D eigenvalue weighted by Gasteiger charge is -2.31. The summed E-state index contributed by atoms with van der Waals surface area (Å²) in [6.45, 7) is 1.78. The molecule has 1 saturated carbocycles. The average molecular weight is 442 g/mol.